The molecule has 0 aromatic heterocycles. The molecular weight excluding hydrogens is 247 g/mol. The quantitative estimate of drug-likeness (QED) is 0.546. The Balaban J connectivity index is 2.33. The molecule has 2 rings (SSSR count). The Bertz CT molecular complexity index is 436. The normalized spacial score (nSPS) is 12.3. The SMILES string of the molecule is CCCCC[PH](C)(c1ccccc1)c1ccccc1. The van der Waals surface area contributed by atoms with Gasteiger partial charge in [0.2, 0.25) is 0 Å². The molecule has 0 saturated heterocycles. The molecule has 0 aliphatic rings. The van der Waals surface area contributed by atoms with Gasteiger partial charge in [0.25, 0.3) is 0 Å². The molecule has 1 heteroatoms. The van der Waals surface area contributed by atoms with Gasteiger partial charge < -0.3 is 0 Å². The Hall–Kier alpha value is -1.13. The van der Waals surface area contributed by atoms with Crippen molar-refractivity contribution in [3.8, 4) is 0 Å². The van der Waals surface area contributed by atoms with Crippen LogP contribution in [0.2, 0.25) is 0 Å². The second-order valence-electron chi connectivity index (χ2n) is 5.52. The second-order valence-corrected chi connectivity index (χ2v) is 9.84. The van der Waals surface area contributed by atoms with Crippen LogP contribution >= 0.6 is 7.26 Å². The van der Waals surface area contributed by atoms with Crippen LogP contribution < -0.4 is 10.6 Å². The molecule has 0 N–H and O–H groups in total. The molecule has 0 spiro atoms. The van der Waals surface area contributed by atoms with E-state index in [-0.39, 0.29) is 0 Å². The van der Waals surface area contributed by atoms with Crippen molar-refractivity contribution < 1.29 is 0 Å². The Morgan fingerprint density at radius 2 is 1.21 bits per heavy atom. The Kier molecular flexibility index (Phi) is 5.16. The molecule has 0 nitrogen and oxygen atoms in total. The first-order chi connectivity index (χ1) is 9.27. The summed E-state index contributed by atoms with van der Waals surface area (Å²) in [5.74, 6) is 0. The molecule has 0 fully saturated rings. The first-order valence-electron chi connectivity index (χ1n) is 7.38. The summed E-state index contributed by atoms with van der Waals surface area (Å²) in [4.78, 5) is 0. The minimum absolute atomic E-state index is 1.30. The Labute approximate surface area is 118 Å². The molecule has 19 heavy (non-hydrogen) atoms. The average Bonchev–Trinajstić information content (AvgIpc) is 2.49. The van der Waals surface area contributed by atoms with E-state index in [4.69, 9.17) is 0 Å². The molecule has 0 amide bonds. The molecular formula is C18H25P. The van der Waals surface area contributed by atoms with Gasteiger partial charge in [-0.25, -0.2) is 0 Å². The van der Waals surface area contributed by atoms with Gasteiger partial charge in [0.1, 0.15) is 0 Å². The van der Waals surface area contributed by atoms with Crippen molar-refractivity contribution in [3.05, 3.63) is 60.7 Å². The minimum atomic E-state index is -1.54. The van der Waals surface area contributed by atoms with E-state index >= 15 is 0 Å². The van der Waals surface area contributed by atoms with Crippen LogP contribution in [-0.2, 0) is 0 Å². The Morgan fingerprint density at radius 1 is 0.737 bits per heavy atom. The number of rotatable bonds is 6. The third-order valence-electron chi connectivity index (χ3n) is 4.10. The van der Waals surface area contributed by atoms with Gasteiger partial charge in [-0.3, -0.25) is 0 Å². The summed E-state index contributed by atoms with van der Waals surface area (Å²) >= 11 is 0. The number of unbranched alkanes of at least 4 members (excludes halogenated alkanes) is 2. The maximum atomic E-state index is 2.52. The zero-order chi connectivity index (χ0) is 13.6. The van der Waals surface area contributed by atoms with Crippen LogP contribution in [0.1, 0.15) is 26.2 Å². The van der Waals surface area contributed by atoms with Gasteiger partial charge in [-0.15, -0.1) is 0 Å². The molecule has 0 unspecified atom stereocenters. The molecule has 2 aromatic carbocycles. The standard InChI is InChI=1S/C18H25P/c1-3-4-11-16-19(2,17-12-7-5-8-13-17)18-14-9-6-10-15-18/h5-10,12-15,19H,3-4,11,16H2,1-2H3. The van der Waals surface area contributed by atoms with Gasteiger partial charge in [0.05, 0.1) is 0 Å². The van der Waals surface area contributed by atoms with E-state index in [1.54, 1.807) is 10.6 Å². The van der Waals surface area contributed by atoms with E-state index in [2.05, 4.69) is 74.3 Å². The molecule has 0 heterocycles. The van der Waals surface area contributed by atoms with Crippen LogP contribution in [0.5, 0.6) is 0 Å². The van der Waals surface area contributed by atoms with E-state index in [0.29, 0.717) is 0 Å². The zero-order valence-corrected chi connectivity index (χ0v) is 13.1. The maximum absolute atomic E-state index is 2.52. The van der Waals surface area contributed by atoms with Gasteiger partial charge in [0.15, 0.2) is 0 Å². The summed E-state index contributed by atoms with van der Waals surface area (Å²) in [6, 6.07) is 22.3. The predicted molar refractivity (Wildman–Crippen MR) is 90.8 cm³/mol. The van der Waals surface area contributed by atoms with E-state index < -0.39 is 7.26 Å². The van der Waals surface area contributed by atoms with E-state index in [0.717, 1.165) is 0 Å². The van der Waals surface area contributed by atoms with E-state index in [9.17, 15) is 0 Å². The third-order valence-corrected chi connectivity index (χ3v) is 8.67. The molecule has 2 aromatic rings. The van der Waals surface area contributed by atoms with Gasteiger partial charge in [0, 0.05) is 0 Å². The number of hydrogen-bond donors (Lipinski definition) is 0. The monoisotopic (exact) mass is 272 g/mol. The van der Waals surface area contributed by atoms with Gasteiger partial charge >= 0.3 is 118 Å². The molecule has 0 bridgehead atoms. The molecule has 0 atom stereocenters. The predicted octanol–water partition coefficient (Wildman–Crippen LogP) is 4.21. The zero-order valence-electron chi connectivity index (χ0n) is 12.1. The first kappa shape index (κ1) is 14.3. The van der Waals surface area contributed by atoms with Crippen molar-refractivity contribution in [2.24, 2.45) is 0 Å². The van der Waals surface area contributed by atoms with Gasteiger partial charge in [-0.05, 0) is 0 Å². The van der Waals surface area contributed by atoms with Crippen LogP contribution in [0.4, 0.5) is 0 Å². The molecule has 0 radical (unpaired) electrons. The fourth-order valence-corrected chi connectivity index (χ4v) is 6.52. The van der Waals surface area contributed by atoms with Crippen molar-refractivity contribution >= 4 is 17.9 Å². The molecule has 0 aliphatic carbocycles. The average molecular weight is 272 g/mol. The summed E-state index contributed by atoms with van der Waals surface area (Å²) in [5.41, 5.74) is 0. The molecule has 0 saturated carbocycles. The summed E-state index contributed by atoms with van der Waals surface area (Å²) < 4.78 is 0. The third kappa shape index (κ3) is 3.45. The van der Waals surface area contributed by atoms with Gasteiger partial charge in [-0.1, -0.05) is 0 Å². The summed E-state index contributed by atoms with van der Waals surface area (Å²) in [6.45, 7) is 4.80. The summed E-state index contributed by atoms with van der Waals surface area (Å²) in [7, 11) is -1.54. The van der Waals surface area contributed by atoms with Crippen LogP contribution in [0.25, 0.3) is 0 Å². The summed E-state index contributed by atoms with van der Waals surface area (Å²) in [5, 5.41) is 3.13. The second kappa shape index (κ2) is 6.87. The van der Waals surface area contributed by atoms with Crippen molar-refractivity contribution in [3.63, 3.8) is 0 Å². The van der Waals surface area contributed by atoms with Crippen molar-refractivity contribution in [2.45, 2.75) is 26.2 Å². The molecule has 102 valence electrons. The van der Waals surface area contributed by atoms with Crippen LogP contribution in [0, 0.1) is 0 Å². The topological polar surface area (TPSA) is 0 Å². The van der Waals surface area contributed by atoms with Crippen LogP contribution in [-0.4, -0.2) is 12.8 Å². The van der Waals surface area contributed by atoms with Crippen LogP contribution in [0.15, 0.2) is 60.7 Å². The van der Waals surface area contributed by atoms with Crippen LogP contribution in [0.3, 0.4) is 0 Å². The summed E-state index contributed by atoms with van der Waals surface area (Å²) in [6.07, 6.45) is 5.36. The number of benzene rings is 2. The fourth-order valence-electron chi connectivity index (χ4n) is 2.80. The fraction of sp³-hybridized carbons (Fsp3) is 0.333. The van der Waals surface area contributed by atoms with Crippen molar-refractivity contribution in [1.82, 2.24) is 0 Å². The molecule has 0 aliphatic heterocycles. The number of hydrogen-bond acceptors (Lipinski definition) is 0. The van der Waals surface area contributed by atoms with E-state index in [1.165, 1.54) is 25.4 Å². The Morgan fingerprint density at radius 3 is 1.63 bits per heavy atom. The van der Waals surface area contributed by atoms with E-state index in [1.807, 2.05) is 0 Å². The first-order valence-corrected chi connectivity index (χ1v) is 10.1. The van der Waals surface area contributed by atoms with Crippen molar-refractivity contribution in [2.75, 3.05) is 12.8 Å². The van der Waals surface area contributed by atoms with Gasteiger partial charge in [-0.2, -0.15) is 0 Å². The van der Waals surface area contributed by atoms with Crippen molar-refractivity contribution in [1.29, 1.82) is 0 Å².